The topological polar surface area (TPSA) is 101 Å². The molecule has 0 aliphatic carbocycles. The summed E-state index contributed by atoms with van der Waals surface area (Å²) >= 11 is 0. The van der Waals surface area contributed by atoms with Gasteiger partial charge >= 0.3 is 5.97 Å². The fraction of sp³-hybridized carbons (Fsp3) is 0.350. The molecular formula is C20H21N5O3. The van der Waals surface area contributed by atoms with E-state index in [0.29, 0.717) is 25.1 Å². The molecule has 8 nitrogen and oxygen atoms in total. The van der Waals surface area contributed by atoms with E-state index >= 15 is 0 Å². The van der Waals surface area contributed by atoms with Crippen molar-refractivity contribution in [2.75, 3.05) is 13.1 Å². The Morgan fingerprint density at radius 1 is 1.25 bits per heavy atom. The highest BCUT2D eigenvalue weighted by Gasteiger charge is 2.40. The van der Waals surface area contributed by atoms with Gasteiger partial charge in [0, 0.05) is 24.7 Å². The molecule has 2 aromatic heterocycles. The highest BCUT2D eigenvalue weighted by Crippen LogP contribution is 2.30. The standard InChI is InChI=1S/C20H21N5O3/c1-13-17(18(26)24-10-4-8-20(2,12-24)19(27)28)22-23-25(13)15-6-7-16-14(11-15)5-3-9-21-16/h3,5-7,9,11H,4,8,10,12H2,1-2H3,(H,27,28). The third kappa shape index (κ3) is 3.00. The second-order valence-corrected chi connectivity index (χ2v) is 7.51. The van der Waals surface area contributed by atoms with Crippen LogP contribution in [0.3, 0.4) is 0 Å². The number of hydrogen-bond acceptors (Lipinski definition) is 5. The van der Waals surface area contributed by atoms with E-state index in [1.165, 1.54) is 0 Å². The summed E-state index contributed by atoms with van der Waals surface area (Å²) in [6.45, 7) is 4.17. The number of carbonyl (C=O) groups excluding carboxylic acids is 1. The van der Waals surface area contributed by atoms with E-state index in [0.717, 1.165) is 16.6 Å². The Hall–Kier alpha value is -3.29. The summed E-state index contributed by atoms with van der Waals surface area (Å²) in [4.78, 5) is 30.4. The second kappa shape index (κ2) is 6.70. The first-order valence-electron chi connectivity index (χ1n) is 9.19. The molecule has 0 spiro atoms. The fourth-order valence-electron chi connectivity index (χ4n) is 3.70. The second-order valence-electron chi connectivity index (χ2n) is 7.51. The maximum absolute atomic E-state index is 13.0. The summed E-state index contributed by atoms with van der Waals surface area (Å²) < 4.78 is 1.63. The molecule has 1 aliphatic rings. The number of hydrogen-bond donors (Lipinski definition) is 1. The fourth-order valence-corrected chi connectivity index (χ4v) is 3.70. The molecule has 4 rings (SSSR count). The van der Waals surface area contributed by atoms with Gasteiger partial charge < -0.3 is 10.0 Å². The van der Waals surface area contributed by atoms with Crippen LogP contribution in [0.15, 0.2) is 36.5 Å². The summed E-state index contributed by atoms with van der Waals surface area (Å²) in [6, 6.07) is 9.56. The van der Waals surface area contributed by atoms with Crippen molar-refractivity contribution in [1.29, 1.82) is 0 Å². The third-order valence-corrected chi connectivity index (χ3v) is 5.43. The van der Waals surface area contributed by atoms with Crippen molar-refractivity contribution in [1.82, 2.24) is 24.9 Å². The van der Waals surface area contributed by atoms with Crippen molar-refractivity contribution in [2.45, 2.75) is 26.7 Å². The Morgan fingerprint density at radius 3 is 2.86 bits per heavy atom. The van der Waals surface area contributed by atoms with Gasteiger partial charge in [-0.05, 0) is 51.0 Å². The number of carboxylic acid groups (broad SMARTS) is 1. The van der Waals surface area contributed by atoms with Gasteiger partial charge in [-0.1, -0.05) is 11.3 Å². The van der Waals surface area contributed by atoms with Gasteiger partial charge in [-0.3, -0.25) is 14.6 Å². The van der Waals surface area contributed by atoms with Crippen LogP contribution in [0.1, 0.15) is 35.9 Å². The summed E-state index contributed by atoms with van der Waals surface area (Å²) in [5.41, 5.74) is 1.61. The molecule has 144 valence electrons. The zero-order chi connectivity index (χ0) is 19.9. The summed E-state index contributed by atoms with van der Waals surface area (Å²) in [6.07, 6.45) is 2.95. The molecule has 0 bridgehead atoms. The number of rotatable bonds is 3. The monoisotopic (exact) mass is 379 g/mol. The Kier molecular flexibility index (Phi) is 4.33. The van der Waals surface area contributed by atoms with E-state index in [2.05, 4.69) is 15.3 Å². The van der Waals surface area contributed by atoms with Gasteiger partial charge in [-0.2, -0.15) is 0 Å². The first kappa shape index (κ1) is 18.1. The molecule has 0 radical (unpaired) electrons. The zero-order valence-electron chi connectivity index (χ0n) is 15.8. The molecule has 1 amide bonds. The normalized spacial score (nSPS) is 19.7. The van der Waals surface area contributed by atoms with Crippen LogP contribution in [-0.2, 0) is 4.79 Å². The summed E-state index contributed by atoms with van der Waals surface area (Å²) in [7, 11) is 0. The Morgan fingerprint density at radius 2 is 2.07 bits per heavy atom. The van der Waals surface area contributed by atoms with Crippen molar-refractivity contribution in [2.24, 2.45) is 5.41 Å². The minimum absolute atomic E-state index is 0.176. The predicted octanol–water partition coefficient (Wildman–Crippen LogP) is 2.45. The van der Waals surface area contributed by atoms with Crippen molar-refractivity contribution in [3.8, 4) is 5.69 Å². The van der Waals surface area contributed by atoms with Gasteiger partial charge in [0.15, 0.2) is 5.69 Å². The minimum atomic E-state index is -0.927. The number of carboxylic acids is 1. The predicted molar refractivity (Wildman–Crippen MR) is 102 cm³/mol. The summed E-state index contributed by atoms with van der Waals surface area (Å²) in [5.74, 6) is -1.16. The van der Waals surface area contributed by atoms with E-state index < -0.39 is 11.4 Å². The zero-order valence-corrected chi connectivity index (χ0v) is 15.8. The molecule has 1 atom stereocenters. The number of aliphatic carboxylic acids is 1. The molecule has 3 aromatic rings. The number of benzene rings is 1. The van der Waals surface area contributed by atoms with E-state index in [-0.39, 0.29) is 18.1 Å². The molecule has 28 heavy (non-hydrogen) atoms. The van der Waals surface area contributed by atoms with Crippen LogP contribution < -0.4 is 0 Å². The SMILES string of the molecule is Cc1c(C(=O)N2CCCC(C)(C(=O)O)C2)nnn1-c1ccc2ncccc2c1. The quantitative estimate of drug-likeness (QED) is 0.750. The number of carbonyl (C=O) groups is 2. The van der Waals surface area contributed by atoms with Crippen molar-refractivity contribution < 1.29 is 14.7 Å². The molecule has 8 heteroatoms. The highest BCUT2D eigenvalue weighted by atomic mass is 16.4. The number of nitrogens with zero attached hydrogens (tertiary/aromatic N) is 5. The van der Waals surface area contributed by atoms with Crippen molar-refractivity contribution in [3.63, 3.8) is 0 Å². The lowest BCUT2D eigenvalue weighted by atomic mass is 9.82. The van der Waals surface area contributed by atoms with Gasteiger partial charge in [0.2, 0.25) is 0 Å². The molecule has 1 aromatic carbocycles. The smallest absolute Gasteiger partial charge is 0.311 e. The number of likely N-dealkylation sites (tertiary alicyclic amines) is 1. The molecule has 1 aliphatic heterocycles. The molecule has 1 N–H and O–H groups in total. The van der Waals surface area contributed by atoms with Crippen molar-refractivity contribution >= 4 is 22.8 Å². The maximum atomic E-state index is 13.0. The van der Waals surface area contributed by atoms with E-state index in [9.17, 15) is 14.7 Å². The number of aromatic nitrogens is 4. The van der Waals surface area contributed by atoms with Gasteiger partial charge in [-0.25, -0.2) is 4.68 Å². The first-order valence-corrected chi connectivity index (χ1v) is 9.19. The Bertz CT molecular complexity index is 1080. The van der Waals surface area contributed by atoms with Crippen LogP contribution in [-0.4, -0.2) is 55.0 Å². The van der Waals surface area contributed by atoms with Gasteiger partial charge in [-0.15, -0.1) is 5.10 Å². The van der Waals surface area contributed by atoms with Crippen LogP contribution in [0.25, 0.3) is 16.6 Å². The Balaban J connectivity index is 1.64. The third-order valence-electron chi connectivity index (χ3n) is 5.43. The first-order chi connectivity index (χ1) is 13.4. The Labute approximate surface area is 161 Å². The lowest BCUT2D eigenvalue weighted by Crippen LogP contribution is -2.48. The van der Waals surface area contributed by atoms with E-state index in [4.69, 9.17) is 0 Å². The van der Waals surface area contributed by atoms with Crippen LogP contribution in [0, 0.1) is 12.3 Å². The van der Waals surface area contributed by atoms with E-state index in [1.807, 2.05) is 30.3 Å². The molecule has 1 unspecified atom stereocenters. The average Bonchev–Trinajstić information content (AvgIpc) is 3.08. The van der Waals surface area contributed by atoms with E-state index in [1.54, 1.807) is 29.6 Å². The average molecular weight is 379 g/mol. The maximum Gasteiger partial charge on any atom is 0.311 e. The number of pyridine rings is 1. The van der Waals surface area contributed by atoms with Crippen LogP contribution in [0.2, 0.25) is 0 Å². The van der Waals surface area contributed by atoms with Gasteiger partial charge in [0.1, 0.15) is 0 Å². The van der Waals surface area contributed by atoms with Gasteiger partial charge in [0.25, 0.3) is 5.91 Å². The highest BCUT2D eigenvalue weighted by molar-refractivity contribution is 5.94. The van der Waals surface area contributed by atoms with Gasteiger partial charge in [0.05, 0.1) is 22.3 Å². The van der Waals surface area contributed by atoms with Crippen LogP contribution in [0.4, 0.5) is 0 Å². The summed E-state index contributed by atoms with van der Waals surface area (Å²) in [5, 5.41) is 18.7. The number of piperidine rings is 1. The number of fused-ring (bicyclic) bond motifs is 1. The largest absolute Gasteiger partial charge is 0.481 e. The molecule has 0 saturated carbocycles. The minimum Gasteiger partial charge on any atom is -0.481 e. The lowest BCUT2D eigenvalue weighted by Gasteiger charge is -2.37. The molecule has 1 saturated heterocycles. The van der Waals surface area contributed by atoms with Crippen molar-refractivity contribution in [3.05, 3.63) is 47.9 Å². The van der Waals surface area contributed by atoms with Crippen LogP contribution >= 0.6 is 0 Å². The lowest BCUT2D eigenvalue weighted by molar-refractivity contribution is -0.150. The molecular weight excluding hydrogens is 358 g/mol. The molecule has 1 fully saturated rings. The van der Waals surface area contributed by atoms with Crippen LogP contribution in [0.5, 0.6) is 0 Å². The molecule has 3 heterocycles. The number of amides is 1.